The third-order valence-corrected chi connectivity index (χ3v) is 8.22. The zero-order chi connectivity index (χ0) is 25.6. The fourth-order valence-electron chi connectivity index (χ4n) is 3.10. The van der Waals surface area contributed by atoms with Gasteiger partial charge in [-0.3, -0.25) is 9.32 Å². The summed E-state index contributed by atoms with van der Waals surface area (Å²) < 4.78 is 64.8. The van der Waals surface area contributed by atoms with Crippen LogP contribution in [0.4, 0.5) is 4.39 Å². The molecule has 3 rings (SSSR count). The molecule has 3 aliphatic rings. The Labute approximate surface area is 188 Å². The predicted octanol–water partition coefficient (Wildman–Crippen LogP) is -0.173. The number of H-pyrrole nitrogens is 1. The molecule has 3 aliphatic heterocycles. The number of aromatic nitrogens is 2. The average molecular weight is 550 g/mol. The van der Waals surface area contributed by atoms with Crippen molar-refractivity contribution in [2.45, 2.75) is 31.3 Å². The molecule has 0 amide bonds. The molecular formula is C14H18FN2O14P3. The summed E-state index contributed by atoms with van der Waals surface area (Å²) in [6, 6.07) is 2.17. The van der Waals surface area contributed by atoms with E-state index in [0.717, 1.165) is 12.1 Å². The molecule has 0 radical (unpaired) electrons. The number of nitrogens with zero attached hydrogens (tertiary/aromatic N) is 1. The van der Waals surface area contributed by atoms with Gasteiger partial charge in [0.2, 0.25) is 0 Å². The number of halogens is 1. The van der Waals surface area contributed by atoms with Gasteiger partial charge in [0.15, 0.2) is 0 Å². The van der Waals surface area contributed by atoms with E-state index in [2.05, 4.69) is 23.1 Å². The number of phosphoric ester groups is 1. The van der Waals surface area contributed by atoms with Crippen LogP contribution in [0.2, 0.25) is 0 Å². The molecule has 0 aromatic heterocycles. The van der Waals surface area contributed by atoms with Crippen LogP contribution < -0.4 is 5.56 Å². The molecule has 0 bridgehead atoms. The van der Waals surface area contributed by atoms with Gasteiger partial charge in [0.1, 0.15) is 36.1 Å². The Bertz CT molecular complexity index is 1250. The van der Waals surface area contributed by atoms with E-state index >= 15 is 0 Å². The highest BCUT2D eigenvalue weighted by atomic mass is 31.3. The Morgan fingerprint density at radius 2 is 1.74 bits per heavy atom. The second kappa shape index (κ2) is 9.56. The van der Waals surface area contributed by atoms with Gasteiger partial charge in [-0.2, -0.15) is 13.6 Å². The third-order valence-electron chi connectivity index (χ3n) is 4.42. The minimum Gasteiger partial charge on any atom is -0.387 e. The van der Waals surface area contributed by atoms with E-state index in [9.17, 15) is 38.0 Å². The summed E-state index contributed by atoms with van der Waals surface area (Å²) in [6.45, 7) is 0.458. The maximum atomic E-state index is 14.3. The number of nitrogens with one attached hydrogen (secondary N) is 1. The number of aryl methyl sites for hydroxylation is 1. The molecule has 0 saturated carbocycles. The first-order chi connectivity index (χ1) is 15.5. The number of aliphatic hydroxyl groups excluding tert-OH is 2. The smallest absolute Gasteiger partial charge is 0.387 e. The van der Waals surface area contributed by atoms with Crippen LogP contribution in [0.15, 0.2) is 16.9 Å². The minimum absolute atomic E-state index is 0.0801. The monoisotopic (exact) mass is 550 g/mol. The van der Waals surface area contributed by atoms with E-state index in [0.29, 0.717) is 5.69 Å². The van der Waals surface area contributed by atoms with Crippen molar-refractivity contribution in [2.24, 2.45) is 0 Å². The quantitative estimate of drug-likeness (QED) is 0.211. The van der Waals surface area contributed by atoms with E-state index < -0.39 is 65.9 Å². The van der Waals surface area contributed by atoms with Crippen molar-refractivity contribution < 1.29 is 65.8 Å². The van der Waals surface area contributed by atoms with Crippen LogP contribution >= 0.6 is 23.5 Å². The number of phosphoric acid groups is 3. The molecule has 34 heavy (non-hydrogen) atoms. The highest BCUT2D eigenvalue weighted by Crippen LogP contribution is 2.66. The van der Waals surface area contributed by atoms with Gasteiger partial charge in [-0.15, -0.1) is 0 Å². The number of hydrogen-bond acceptors (Lipinski definition) is 11. The summed E-state index contributed by atoms with van der Waals surface area (Å²) in [5.41, 5.74) is -1.03. The van der Waals surface area contributed by atoms with Crippen molar-refractivity contribution in [1.82, 2.24) is 9.97 Å². The first-order valence-corrected chi connectivity index (χ1v) is 13.5. The van der Waals surface area contributed by atoms with Crippen LogP contribution in [-0.2, 0) is 31.6 Å². The Morgan fingerprint density at radius 3 is 2.35 bits per heavy atom. The van der Waals surface area contributed by atoms with Gasteiger partial charge in [-0.25, -0.2) is 18.1 Å². The van der Waals surface area contributed by atoms with Crippen molar-refractivity contribution in [3.05, 3.63) is 39.6 Å². The molecule has 20 heteroatoms. The standard InChI is InChI=1S/C14H18FN2O14P3/c1-5-2-8(15)6-3-7(14(20)17-13(6)16-5)12-11(19)10(18)9(29-12)4-28-33(24,25)31-34(26,27)30-32(21,22)23/h2-3,9-12,18-19H,4H2,1H3,(H,24,25)(H,26,27)(H,16,17,20)(H2,21,22,23)/t9-,10+,11?,12+/m1/s1. The SMILES string of the molecule is Cc1cc(F)c2cc([C@@H]3O[C@H](COP(=O)(O)OP(=O)(O)OP(=O)(O)O)[C@H](O)C3O)c(=O)nc-2[nH]1. The molecule has 0 aromatic rings. The van der Waals surface area contributed by atoms with Crippen molar-refractivity contribution >= 4 is 23.5 Å². The fraction of sp³-hybridized carbons (Fsp3) is 0.429. The molecule has 6 atom stereocenters. The third kappa shape index (κ3) is 6.42. The first kappa shape index (κ1) is 27.2. The number of rotatable bonds is 8. The van der Waals surface area contributed by atoms with Gasteiger partial charge in [0.25, 0.3) is 5.56 Å². The van der Waals surface area contributed by atoms with Crippen molar-refractivity contribution in [2.75, 3.05) is 6.61 Å². The maximum absolute atomic E-state index is 14.3. The Hall–Kier alpha value is -1.42. The summed E-state index contributed by atoms with van der Waals surface area (Å²) in [5.74, 6) is -0.819. The lowest BCUT2D eigenvalue weighted by atomic mass is 10.0. The topological polar surface area (TPSA) is 255 Å². The minimum atomic E-state index is -5.76. The highest BCUT2D eigenvalue weighted by Gasteiger charge is 2.47. The van der Waals surface area contributed by atoms with Crippen LogP contribution in [0, 0.1) is 12.7 Å². The van der Waals surface area contributed by atoms with Crippen LogP contribution in [-0.4, -0.2) is 64.7 Å². The average Bonchev–Trinajstić information content (AvgIpc) is 2.91. The van der Waals surface area contributed by atoms with Crippen LogP contribution in [0.5, 0.6) is 0 Å². The Morgan fingerprint density at radius 1 is 1.09 bits per heavy atom. The zero-order valence-corrected chi connectivity index (χ0v) is 19.5. The molecule has 0 spiro atoms. The van der Waals surface area contributed by atoms with Crippen molar-refractivity contribution in [3.63, 3.8) is 0 Å². The summed E-state index contributed by atoms with van der Waals surface area (Å²) >= 11 is 0. The van der Waals surface area contributed by atoms with Gasteiger partial charge in [-0.05, 0) is 19.1 Å². The molecule has 3 unspecified atom stereocenters. The number of pyridine rings is 2. The lowest BCUT2D eigenvalue weighted by molar-refractivity contribution is -0.0226. The molecule has 3 heterocycles. The number of fused-ring (bicyclic) bond motifs is 1. The second-order valence-corrected chi connectivity index (χ2v) is 11.5. The second-order valence-electron chi connectivity index (χ2n) is 7.04. The predicted molar refractivity (Wildman–Crippen MR) is 106 cm³/mol. The Balaban J connectivity index is 1.76. The highest BCUT2D eigenvalue weighted by molar-refractivity contribution is 7.66. The lowest BCUT2D eigenvalue weighted by Crippen LogP contribution is -2.33. The number of aliphatic hydroxyl groups is 2. The van der Waals surface area contributed by atoms with Crippen molar-refractivity contribution in [3.8, 4) is 11.4 Å². The normalized spacial score (nSPS) is 26.9. The van der Waals surface area contributed by atoms with Gasteiger partial charge in [0, 0.05) is 5.69 Å². The number of ether oxygens (including phenoxy) is 1. The fourth-order valence-corrected chi connectivity index (χ4v) is 6.13. The Kier molecular flexibility index (Phi) is 7.64. The summed E-state index contributed by atoms with van der Waals surface area (Å²) in [5, 5.41) is 20.4. The van der Waals surface area contributed by atoms with E-state index in [-0.39, 0.29) is 17.0 Å². The summed E-state index contributed by atoms with van der Waals surface area (Å²) in [4.78, 5) is 54.4. The van der Waals surface area contributed by atoms with E-state index in [1.54, 1.807) is 0 Å². The number of hydrogen-bond donors (Lipinski definition) is 7. The molecule has 16 nitrogen and oxygen atoms in total. The summed E-state index contributed by atoms with van der Waals surface area (Å²) in [7, 11) is -16.9. The van der Waals surface area contributed by atoms with Gasteiger partial charge in [0.05, 0.1) is 17.7 Å². The maximum Gasteiger partial charge on any atom is 0.490 e. The molecule has 190 valence electrons. The molecule has 1 fully saturated rings. The molecule has 0 aromatic carbocycles. The molecule has 0 aliphatic carbocycles. The van der Waals surface area contributed by atoms with Gasteiger partial charge in [-0.1, -0.05) is 0 Å². The van der Waals surface area contributed by atoms with Gasteiger partial charge >= 0.3 is 23.5 Å². The zero-order valence-electron chi connectivity index (χ0n) is 16.8. The van der Waals surface area contributed by atoms with E-state index in [1.807, 2.05) is 0 Å². The van der Waals surface area contributed by atoms with Crippen molar-refractivity contribution in [1.29, 1.82) is 0 Å². The van der Waals surface area contributed by atoms with Crippen LogP contribution in [0.1, 0.15) is 17.4 Å². The molecular weight excluding hydrogens is 532 g/mol. The largest absolute Gasteiger partial charge is 0.490 e. The van der Waals surface area contributed by atoms with Crippen LogP contribution in [0.3, 0.4) is 0 Å². The van der Waals surface area contributed by atoms with E-state index in [1.165, 1.54) is 6.92 Å². The first-order valence-electron chi connectivity index (χ1n) is 8.98. The molecule has 1 saturated heterocycles. The number of aromatic amines is 1. The van der Waals surface area contributed by atoms with Gasteiger partial charge < -0.3 is 39.5 Å². The summed E-state index contributed by atoms with van der Waals surface area (Å²) in [6.07, 6.45) is -6.83. The lowest BCUT2D eigenvalue weighted by Gasteiger charge is -2.19. The van der Waals surface area contributed by atoms with Crippen LogP contribution in [0.25, 0.3) is 11.4 Å². The van der Waals surface area contributed by atoms with E-state index in [4.69, 9.17) is 19.4 Å². The molecule has 7 N–H and O–H groups in total.